The zero-order valence-electron chi connectivity index (χ0n) is 19.7. The van der Waals surface area contributed by atoms with Gasteiger partial charge in [-0.1, -0.05) is 35.6 Å². The highest BCUT2D eigenvalue weighted by Gasteiger charge is 2.33. The van der Waals surface area contributed by atoms with Gasteiger partial charge in [0.25, 0.3) is 5.56 Å². The molecule has 6 nitrogen and oxygen atoms in total. The van der Waals surface area contributed by atoms with Gasteiger partial charge < -0.3 is 9.47 Å². The summed E-state index contributed by atoms with van der Waals surface area (Å²) in [5.41, 5.74) is 3.45. The Bertz CT molecular complexity index is 1450. The van der Waals surface area contributed by atoms with E-state index in [2.05, 4.69) is 4.99 Å². The summed E-state index contributed by atoms with van der Waals surface area (Å²) in [6.45, 7) is 5.77. The summed E-state index contributed by atoms with van der Waals surface area (Å²) in [5.74, 6) is 0.300. The number of benzene rings is 2. The van der Waals surface area contributed by atoms with Crippen molar-refractivity contribution in [2.45, 2.75) is 31.7 Å². The number of thioether (sulfide) groups is 1. The Hall–Kier alpha value is -3.10. The first-order valence-electron chi connectivity index (χ1n) is 10.9. The van der Waals surface area contributed by atoms with Gasteiger partial charge in [-0.05, 0) is 68.0 Å². The normalized spacial score (nSPS) is 15.7. The molecule has 0 spiro atoms. The number of ether oxygens (including phenoxy) is 2. The van der Waals surface area contributed by atoms with Crippen LogP contribution in [-0.2, 0) is 9.53 Å². The van der Waals surface area contributed by atoms with E-state index in [1.807, 2.05) is 61.7 Å². The summed E-state index contributed by atoms with van der Waals surface area (Å²) in [6, 6.07) is 13.1. The lowest BCUT2D eigenvalue weighted by atomic mass is 9.96. The van der Waals surface area contributed by atoms with Crippen molar-refractivity contribution in [2.75, 3.05) is 20.0 Å². The Labute approximate surface area is 206 Å². The van der Waals surface area contributed by atoms with E-state index in [1.165, 1.54) is 11.3 Å². The standard InChI is InChI=1S/C26H26N2O4S2/c1-6-32-25(30)22-16(3)27-26-28(23(22)18-9-11-19(33-5)12-10-18)24(29)21(34-26)14-17-8-7-15(2)20(13-17)31-4/h7-14,23H,6H2,1-5H3/b21-14+. The van der Waals surface area contributed by atoms with E-state index in [0.29, 0.717) is 20.6 Å². The van der Waals surface area contributed by atoms with Crippen molar-refractivity contribution in [1.29, 1.82) is 0 Å². The van der Waals surface area contributed by atoms with Crippen LogP contribution in [0.25, 0.3) is 6.08 Å². The van der Waals surface area contributed by atoms with E-state index < -0.39 is 12.0 Å². The molecular formula is C26H26N2O4S2. The molecular weight excluding hydrogens is 468 g/mol. The number of hydrogen-bond donors (Lipinski definition) is 0. The highest BCUT2D eigenvalue weighted by molar-refractivity contribution is 7.98. The number of methoxy groups -OCH3 is 1. The van der Waals surface area contributed by atoms with E-state index >= 15 is 0 Å². The molecule has 0 saturated heterocycles. The first kappa shape index (κ1) is 24.0. The zero-order valence-corrected chi connectivity index (χ0v) is 21.4. The SMILES string of the molecule is CCOC(=O)C1=C(C)N=c2s/c(=C/c3ccc(C)c(OC)c3)c(=O)n2C1c1ccc(SC)cc1. The fourth-order valence-corrected chi connectivity index (χ4v) is 5.43. The van der Waals surface area contributed by atoms with Gasteiger partial charge in [-0.15, -0.1) is 11.8 Å². The largest absolute Gasteiger partial charge is 0.496 e. The Balaban J connectivity index is 1.93. The third-order valence-electron chi connectivity index (χ3n) is 5.68. The lowest BCUT2D eigenvalue weighted by molar-refractivity contribution is -0.139. The maximum absolute atomic E-state index is 13.7. The van der Waals surface area contributed by atoms with Gasteiger partial charge >= 0.3 is 5.97 Å². The number of aryl methyl sites for hydroxylation is 1. The molecule has 176 valence electrons. The molecule has 0 radical (unpaired) electrons. The predicted molar refractivity (Wildman–Crippen MR) is 136 cm³/mol. The van der Waals surface area contributed by atoms with Crippen molar-refractivity contribution in [1.82, 2.24) is 4.57 Å². The topological polar surface area (TPSA) is 69.9 Å². The molecule has 34 heavy (non-hydrogen) atoms. The third kappa shape index (κ3) is 4.48. The number of esters is 1. The molecule has 1 aliphatic rings. The summed E-state index contributed by atoms with van der Waals surface area (Å²) >= 11 is 2.94. The molecule has 2 aromatic carbocycles. The number of thiazole rings is 1. The van der Waals surface area contributed by atoms with Crippen LogP contribution in [0.2, 0.25) is 0 Å². The van der Waals surface area contributed by atoms with Crippen LogP contribution in [0.5, 0.6) is 5.75 Å². The molecule has 8 heteroatoms. The number of hydrogen-bond acceptors (Lipinski definition) is 7. The monoisotopic (exact) mass is 494 g/mol. The van der Waals surface area contributed by atoms with Crippen LogP contribution >= 0.6 is 23.1 Å². The van der Waals surface area contributed by atoms with Crippen molar-refractivity contribution < 1.29 is 14.3 Å². The van der Waals surface area contributed by atoms with Gasteiger partial charge in [0.15, 0.2) is 4.80 Å². The van der Waals surface area contributed by atoms with Gasteiger partial charge in [0.2, 0.25) is 0 Å². The van der Waals surface area contributed by atoms with Crippen LogP contribution in [0.1, 0.15) is 36.6 Å². The van der Waals surface area contributed by atoms with E-state index in [0.717, 1.165) is 27.3 Å². The van der Waals surface area contributed by atoms with Crippen LogP contribution in [0.4, 0.5) is 0 Å². The predicted octanol–water partition coefficient (Wildman–Crippen LogP) is 3.84. The smallest absolute Gasteiger partial charge is 0.338 e. The van der Waals surface area contributed by atoms with Crippen molar-refractivity contribution in [3.63, 3.8) is 0 Å². The van der Waals surface area contributed by atoms with Gasteiger partial charge in [-0.2, -0.15) is 0 Å². The van der Waals surface area contributed by atoms with E-state index in [1.54, 1.807) is 37.3 Å². The molecule has 0 amide bonds. The summed E-state index contributed by atoms with van der Waals surface area (Å²) in [5, 5.41) is 0. The molecule has 3 aromatic rings. The van der Waals surface area contributed by atoms with Gasteiger partial charge in [0.1, 0.15) is 5.75 Å². The van der Waals surface area contributed by atoms with Crippen LogP contribution in [0.15, 0.2) is 68.4 Å². The molecule has 1 unspecified atom stereocenters. The fourth-order valence-electron chi connectivity index (χ4n) is 3.97. The van der Waals surface area contributed by atoms with Gasteiger partial charge in [-0.25, -0.2) is 9.79 Å². The van der Waals surface area contributed by atoms with Crippen LogP contribution in [0.3, 0.4) is 0 Å². The van der Waals surface area contributed by atoms with E-state index in [9.17, 15) is 9.59 Å². The first-order valence-corrected chi connectivity index (χ1v) is 12.9. The van der Waals surface area contributed by atoms with E-state index in [4.69, 9.17) is 9.47 Å². The second-order valence-corrected chi connectivity index (χ2v) is 9.69. The number of carbonyl (C=O) groups excluding carboxylic acids is 1. The molecule has 0 fully saturated rings. The Morgan fingerprint density at radius 3 is 2.59 bits per heavy atom. The Morgan fingerprint density at radius 2 is 1.94 bits per heavy atom. The fraction of sp³-hybridized carbons (Fsp3) is 0.269. The molecule has 0 N–H and O–H groups in total. The molecule has 2 heterocycles. The van der Waals surface area contributed by atoms with Crippen LogP contribution in [-0.4, -0.2) is 30.5 Å². The van der Waals surface area contributed by atoms with Gasteiger partial charge in [-0.3, -0.25) is 9.36 Å². The highest BCUT2D eigenvalue weighted by atomic mass is 32.2. The Kier molecular flexibility index (Phi) is 7.09. The molecule has 1 aromatic heterocycles. The molecule has 0 aliphatic carbocycles. The minimum absolute atomic E-state index is 0.198. The third-order valence-corrected chi connectivity index (χ3v) is 7.40. The number of aromatic nitrogens is 1. The summed E-state index contributed by atoms with van der Waals surface area (Å²) in [4.78, 5) is 32.9. The van der Waals surface area contributed by atoms with Crippen LogP contribution in [0, 0.1) is 6.92 Å². The molecule has 1 aliphatic heterocycles. The number of nitrogens with zero attached hydrogens (tertiary/aromatic N) is 2. The Morgan fingerprint density at radius 1 is 1.21 bits per heavy atom. The summed E-state index contributed by atoms with van der Waals surface area (Å²) in [7, 11) is 1.63. The first-order chi connectivity index (χ1) is 16.4. The number of carbonyl (C=O) groups is 1. The minimum atomic E-state index is -0.610. The zero-order chi connectivity index (χ0) is 24.4. The average molecular weight is 495 g/mol. The van der Waals surface area contributed by atoms with Gasteiger partial charge in [0.05, 0.1) is 35.6 Å². The quantitative estimate of drug-likeness (QED) is 0.385. The maximum atomic E-state index is 13.7. The summed E-state index contributed by atoms with van der Waals surface area (Å²) in [6.07, 6.45) is 3.84. The second-order valence-electron chi connectivity index (χ2n) is 7.80. The van der Waals surface area contributed by atoms with Crippen molar-refractivity contribution in [3.8, 4) is 5.75 Å². The molecule has 0 bridgehead atoms. The minimum Gasteiger partial charge on any atom is -0.496 e. The lowest BCUT2D eigenvalue weighted by Crippen LogP contribution is -2.39. The molecule has 4 rings (SSSR count). The number of rotatable bonds is 6. The second kappa shape index (κ2) is 10.0. The van der Waals surface area contributed by atoms with E-state index in [-0.39, 0.29) is 12.2 Å². The highest BCUT2D eigenvalue weighted by Crippen LogP contribution is 2.31. The summed E-state index contributed by atoms with van der Waals surface area (Å²) < 4.78 is 12.9. The molecule has 1 atom stereocenters. The van der Waals surface area contributed by atoms with Crippen LogP contribution < -0.4 is 19.6 Å². The van der Waals surface area contributed by atoms with Crippen molar-refractivity contribution >= 4 is 35.1 Å². The van der Waals surface area contributed by atoms with Gasteiger partial charge in [0, 0.05) is 4.90 Å². The van der Waals surface area contributed by atoms with Crippen molar-refractivity contribution in [3.05, 3.63) is 90.1 Å². The maximum Gasteiger partial charge on any atom is 0.338 e. The lowest BCUT2D eigenvalue weighted by Gasteiger charge is -2.24. The number of allylic oxidation sites excluding steroid dienone is 1. The van der Waals surface area contributed by atoms with Crippen molar-refractivity contribution in [2.24, 2.45) is 4.99 Å². The molecule has 0 saturated carbocycles. The average Bonchev–Trinajstić information content (AvgIpc) is 3.13. The number of fused-ring (bicyclic) bond motifs is 1.